The average Bonchev–Trinajstić information content (AvgIpc) is 3.00. The Morgan fingerprint density at radius 3 is 2.78 bits per heavy atom. The van der Waals surface area contributed by atoms with Gasteiger partial charge in [0.15, 0.2) is 0 Å². The van der Waals surface area contributed by atoms with Crippen molar-refractivity contribution in [3.63, 3.8) is 0 Å². The van der Waals surface area contributed by atoms with Gasteiger partial charge in [0.25, 0.3) is 5.91 Å². The van der Waals surface area contributed by atoms with Crippen LogP contribution in [0.15, 0.2) is 36.7 Å². The van der Waals surface area contributed by atoms with Crippen molar-refractivity contribution in [2.45, 2.75) is 19.1 Å². The van der Waals surface area contributed by atoms with Gasteiger partial charge in [0.2, 0.25) is 0 Å². The first-order valence-electron chi connectivity index (χ1n) is 7.22. The molecule has 0 aliphatic rings. The number of hydrogen-bond acceptors (Lipinski definition) is 4. The second-order valence-corrected chi connectivity index (χ2v) is 6.25. The van der Waals surface area contributed by atoms with Gasteiger partial charge in [-0.25, -0.2) is 9.07 Å². The molecule has 0 radical (unpaired) electrons. The van der Waals surface area contributed by atoms with Crippen LogP contribution in [-0.2, 0) is 11.3 Å². The fourth-order valence-electron chi connectivity index (χ4n) is 2.14. The second-order valence-electron chi connectivity index (χ2n) is 5.26. The Labute approximate surface area is 139 Å². The van der Waals surface area contributed by atoms with Gasteiger partial charge < -0.3 is 10.0 Å². The number of benzene rings is 1. The molecule has 1 aromatic carbocycles. The molecule has 0 spiro atoms. The fourth-order valence-corrected chi connectivity index (χ4v) is 2.59. The summed E-state index contributed by atoms with van der Waals surface area (Å²) < 4.78 is 14.6. The molecular formula is C16H20FN3O2S. The van der Waals surface area contributed by atoms with Crippen LogP contribution < -0.4 is 0 Å². The summed E-state index contributed by atoms with van der Waals surface area (Å²) >= 11 is 1.59. The summed E-state index contributed by atoms with van der Waals surface area (Å²) in [7, 11) is 1.65. The van der Waals surface area contributed by atoms with Gasteiger partial charge in [0.1, 0.15) is 11.9 Å². The van der Waals surface area contributed by atoms with Gasteiger partial charge in [-0.3, -0.25) is 4.79 Å². The molecule has 0 saturated carbocycles. The standard InChI is InChI=1S/C16H20FN3O2S/c1-19(16(22)15(21)7-8-23-2)10-12-9-18-20(11-12)14-5-3-13(17)4-6-14/h3-6,9,11,15,21H,7-8,10H2,1-2H3. The molecule has 0 fully saturated rings. The number of halogens is 1. The van der Waals surface area contributed by atoms with E-state index in [2.05, 4.69) is 5.10 Å². The monoisotopic (exact) mass is 337 g/mol. The Bertz CT molecular complexity index is 645. The average molecular weight is 337 g/mol. The molecule has 124 valence electrons. The molecule has 0 aliphatic heterocycles. The summed E-state index contributed by atoms with van der Waals surface area (Å²) in [6.45, 7) is 0.357. The van der Waals surface area contributed by atoms with Gasteiger partial charge in [0, 0.05) is 25.4 Å². The highest BCUT2D eigenvalue weighted by Gasteiger charge is 2.19. The number of nitrogens with zero attached hydrogens (tertiary/aromatic N) is 3. The highest BCUT2D eigenvalue weighted by atomic mass is 32.2. The van der Waals surface area contributed by atoms with Crippen LogP contribution in [0.5, 0.6) is 0 Å². The van der Waals surface area contributed by atoms with E-state index in [1.165, 1.54) is 17.0 Å². The van der Waals surface area contributed by atoms with Crippen LogP contribution in [-0.4, -0.2) is 50.9 Å². The second kappa shape index (κ2) is 8.12. The molecule has 1 heterocycles. The van der Waals surface area contributed by atoms with E-state index in [4.69, 9.17) is 0 Å². The number of aliphatic hydroxyl groups excluding tert-OH is 1. The Morgan fingerprint density at radius 1 is 1.43 bits per heavy atom. The topological polar surface area (TPSA) is 58.4 Å². The Balaban J connectivity index is 1.98. The zero-order valence-corrected chi connectivity index (χ0v) is 14.0. The molecule has 1 aromatic heterocycles. The molecule has 1 N–H and O–H groups in total. The molecular weight excluding hydrogens is 317 g/mol. The molecule has 23 heavy (non-hydrogen) atoms. The normalized spacial score (nSPS) is 12.2. The number of amides is 1. The lowest BCUT2D eigenvalue weighted by Gasteiger charge is -2.19. The Hall–Kier alpha value is -1.86. The third-order valence-electron chi connectivity index (χ3n) is 3.40. The van der Waals surface area contributed by atoms with E-state index in [9.17, 15) is 14.3 Å². The maximum absolute atomic E-state index is 12.9. The molecule has 1 unspecified atom stereocenters. The SMILES string of the molecule is CSCCC(O)C(=O)N(C)Cc1cnn(-c2ccc(F)cc2)c1. The van der Waals surface area contributed by atoms with Crippen molar-refractivity contribution in [3.05, 3.63) is 48.0 Å². The quantitative estimate of drug-likeness (QED) is 0.840. The molecule has 0 bridgehead atoms. The lowest BCUT2D eigenvalue weighted by molar-refractivity contribution is -0.139. The van der Waals surface area contributed by atoms with Crippen molar-refractivity contribution in [2.75, 3.05) is 19.1 Å². The highest BCUT2D eigenvalue weighted by molar-refractivity contribution is 7.98. The molecule has 1 atom stereocenters. The van der Waals surface area contributed by atoms with Crippen LogP contribution in [0.4, 0.5) is 4.39 Å². The minimum absolute atomic E-state index is 0.298. The maximum Gasteiger partial charge on any atom is 0.251 e. The van der Waals surface area contributed by atoms with Gasteiger partial charge >= 0.3 is 0 Å². The number of thioether (sulfide) groups is 1. The predicted octanol–water partition coefficient (Wildman–Crippen LogP) is 2.08. The van der Waals surface area contributed by atoms with E-state index in [0.29, 0.717) is 13.0 Å². The third kappa shape index (κ3) is 4.80. The van der Waals surface area contributed by atoms with E-state index < -0.39 is 6.10 Å². The zero-order valence-electron chi connectivity index (χ0n) is 13.1. The largest absolute Gasteiger partial charge is 0.383 e. The summed E-state index contributed by atoms with van der Waals surface area (Å²) in [5.41, 5.74) is 1.58. The first-order valence-corrected chi connectivity index (χ1v) is 8.62. The van der Waals surface area contributed by atoms with Crippen molar-refractivity contribution in [3.8, 4) is 5.69 Å². The number of hydrogen-bond donors (Lipinski definition) is 1. The van der Waals surface area contributed by atoms with Crippen molar-refractivity contribution in [1.29, 1.82) is 0 Å². The van der Waals surface area contributed by atoms with Crippen molar-refractivity contribution < 1.29 is 14.3 Å². The molecule has 1 amide bonds. The number of aliphatic hydroxyl groups is 1. The minimum atomic E-state index is -0.973. The summed E-state index contributed by atoms with van der Waals surface area (Å²) in [5, 5.41) is 14.1. The summed E-state index contributed by atoms with van der Waals surface area (Å²) in [6, 6.07) is 6.00. The van der Waals surface area contributed by atoms with E-state index >= 15 is 0 Å². The van der Waals surface area contributed by atoms with Gasteiger partial charge in [-0.15, -0.1) is 0 Å². The predicted molar refractivity (Wildman–Crippen MR) is 89.0 cm³/mol. The van der Waals surface area contributed by atoms with Crippen LogP contribution >= 0.6 is 11.8 Å². The summed E-state index contributed by atoms with van der Waals surface area (Å²) in [6.07, 6.45) is 4.84. The van der Waals surface area contributed by atoms with E-state index in [1.807, 2.05) is 6.26 Å². The van der Waals surface area contributed by atoms with E-state index in [1.54, 1.807) is 48.0 Å². The number of aromatic nitrogens is 2. The fraction of sp³-hybridized carbons (Fsp3) is 0.375. The maximum atomic E-state index is 12.9. The smallest absolute Gasteiger partial charge is 0.251 e. The number of carbonyl (C=O) groups is 1. The number of rotatable bonds is 7. The minimum Gasteiger partial charge on any atom is -0.383 e. The number of likely N-dealkylation sites (N-methyl/N-ethyl adjacent to an activating group) is 1. The zero-order chi connectivity index (χ0) is 16.8. The van der Waals surface area contributed by atoms with Gasteiger partial charge in [0.05, 0.1) is 11.9 Å². The van der Waals surface area contributed by atoms with Gasteiger partial charge in [-0.05, 0) is 42.7 Å². The molecule has 2 rings (SSSR count). The summed E-state index contributed by atoms with van der Waals surface area (Å²) in [5.74, 6) is 0.141. The molecule has 2 aromatic rings. The Morgan fingerprint density at radius 2 is 2.13 bits per heavy atom. The van der Waals surface area contributed by atoms with Crippen LogP contribution in [0.3, 0.4) is 0 Å². The third-order valence-corrected chi connectivity index (χ3v) is 4.05. The lowest BCUT2D eigenvalue weighted by Crippen LogP contribution is -2.36. The van der Waals surface area contributed by atoms with E-state index in [0.717, 1.165) is 17.0 Å². The molecule has 0 saturated heterocycles. The molecule has 0 aliphatic carbocycles. The Kier molecular flexibility index (Phi) is 6.18. The molecule has 7 heteroatoms. The van der Waals surface area contributed by atoms with Crippen molar-refractivity contribution in [1.82, 2.24) is 14.7 Å². The molecule has 5 nitrogen and oxygen atoms in total. The van der Waals surface area contributed by atoms with Crippen molar-refractivity contribution >= 4 is 17.7 Å². The van der Waals surface area contributed by atoms with Gasteiger partial charge in [-0.2, -0.15) is 16.9 Å². The van der Waals surface area contributed by atoms with Crippen LogP contribution in [0.1, 0.15) is 12.0 Å². The number of carbonyl (C=O) groups excluding carboxylic acids is 1. The first-order chi connectivity index (χ1) is 11.0. The van der Waals surface area contributed by atoms with Gasteiger partial charge in [-0.1, -0.05) is 0 Å². The summed E-state index contributed by atoms with van der Waals surface area (Å²) in [4.78, 5) is 13.5. The van der Waals surface area contributed by atoms with Crippen LogP contribution in [0.25, 0.3) is 5.69 Å². The van der Waals surface area contributed by atoms with E-state index in [-0.39, 0.29) is 11.7 Å². The first kappa shape index (κ1) is 17.5. The van der Waals surface area contributed by atoms with Crippen LogP contribution in [0.2, 0.25) is 0 Å². The lowest BCUT2D eigenvalue weighted by atomic mass is 10.2. The highest BCUT2D eigenvalue weighted by Crippen LogP contribution is 2.11. The van der Waals surface area contributed by atoms with Crippen LogP contribution in [0, 0.1) is 5.82 Å². The van der Waals surface area contributed by atoms with Crippen molar-refractivity contribution in [2.24, 2.45) is 0 Å².